The fourth-order valence-electron chi connectivity index (χ4n) is 3.45. The average molecular weight is 486 g/mol. The minimum Gasteiger partial charge on any atom is -0.445 e. The lowest BCUT2D eigenvalue weighted by molar-refractivity contribution is 0.000566. The molecule has 6 nitrogen and oxygen atoms in total. The Morgan fingerprint density at radius 2 is 1.65 bits per heavy atom. The van der Waals surface area contributed by atoms with E-state index in [1.807, 2.05) is 60.7 Å². The number of aliphatic hydroxyl groups is 1. The molecule has 3 rings (SSSR count). The van der Waals surface area contributed by atoms with Gasteiger partial charge in [0.15, 0.2) is 8.32 Å². The van der Waals surface area contributed by atoms with Crippen LogP contribution >= 0.6 is 0 Å². The summed E-state index contributed by atoms with van der Waals surface area (Å²) in [5, 5.41) is 11.2. The molecule has 186 valence electrons. The Bertz CT molecular complexity index is 896. The molecule has 1 saturated heterocycles. The highest BCUT2D eigenvalue weighted by atomic mass is 28.4. The lowest BCUT2D eigenvalue weighted by Gasteiger charge is -2.40. The highest BCUT2D eigenvalue weighted by molar-refractivity contribution is 6.74. The van der Waals surface area contributed by atoms with Crippen LogP contribution in [0.3, 0.4) is 0 Å². The largest absolute Gasteiger partial charge is 0.445 e. The number of aliphatic hydroxyl groups excluding tert-OH is 1. The number of rotatable bonds is 11. The quantitative estimate of drug-likeness (QED) is 0.342. The van der Waals surface area contributed by atoms with Crippen molar-refractivity contribution in [3.8, 4) is 0 Å². The molecule has 0 saturated carbocycles. The number of nitrogens with zero attached hydrogens (tertiary/aromatic N) is 1. The molecule has 3 atom stereocenters. The van der Waals surface area contributed by atoms with Crippen molar-refractivity contribution in [1.82, 2.24) is 4.90 Å². The van der Waals surface area contributed by atoms with Crippen molar-refractivity contribution in [2.24, 2.45) is 0 Å². The number of carbonyl (C=O) groups excluding carboxylic acids is 1. The van der Waals surface area contributed by atoms with Gasteiger partial charge in [0.1, 0.15) is 6.61 Å². The molecule has 0 radical (unpaired) electrons. The third-order valence-electron chi connectivity index (χ3n) is 6.81. The van der Waals surface area contributed by atoms with Crippen LogP contribution in [0, 0.1) is 0 Å². The van der Waals surface area contributed by atoms with Crippen LogP contribution in [0.4, 0.5) is 4.79 Å². The smallest absolute Gasteiger partial charge is 0.410 e. The summed E-state index contributed by atoms with van der Waals surface area (Å²) in [6.07, 6.45) is -0.759. The summed E-state index contributed by atoms with van der Waals surface area (Å²) in [5.41, 5.74) is 1.88. The van der Waals surface area contributed by atoms with Crippen LogP contribution in [-0.4, -0.2) is 55.9 Å². The first-order valence-electron chi connectivity index (χ1n) is 12.0. The second-order valence-electron chi connectivity index (χ2n) is 10.6. The predicted octanol–water partition coefficient (Wildman–Crippen LogP) is 5.37. The highest BCUT2D eigenvalue weighted by Gasteiger charge is 2.41. The van der Waals surface area contributed by atoms with E-state index in [0.717, 1.165) is 11.1 Å². The zero-order valence-corrected chi connectivity index (χ0v) is 22.1. The van der Waals surface area contributed by atoms with Gasteiger partial charge in [0.05, 0.1) is 31.5 Å². The summed E-state index contributed by atoms with van der Waals surface area (Å²) < 4.78 is 17.6. The maximum Gasteiger partial charge on any atom is 0.410 e. The Morgan fingerprint density at radius 1 is 1.09 bits per heavy atom. The van der Waals surface area contributed by atoms with Crippen molar-refractivity contribution >= 4 is 14.4 Å². The molecule has 7 heteroatoms. The molecule has 1 amide bonds. The molecule has 1 aliphatic heterocycles. The minimum atomic E-state index is -2.10. The van der Waals surface area contributed by atoms with Gasteiger partial charge < -0.3 is 19.0 Å². The van der Waals surface area contributed by atoms with E-state index in [1.165, 1.54) is 0 Å². The van der Waals surface area contributed by atoms with Crippen molar-refractivity contribution in [2.75, 3.05) is 13.2 Å². The maximum absolute atomic E-state index is 13.4. The van der Waals surface area contributed by atoms with Crippen molar-refractivity contribution < 1.29 is 23.8 Å². The van der Waals surface area contributed by atoms with Gasteiger partial charge in [-0.15, -0.1) is 0 Å². The van der Waals surface area contributed by atoms with Crippen molar-refractivity contribution in [3.05, 3.63) is 71.8 Å². The molecule has 2 aromatic carbocycles. The highest BCUT2D eigenvalue weighted by Crippen LogP contribution is 2.37. The Labute approximate surface area is 205 Å². The van der Waals surface area contributed by atoms with Gasteiger partial charge in [0.2, 0.25) is 0 Å². The summed E-state index contributed by atoms with van der Waals surface area (Å²) in [7, 11) is -2.10. The number of hydrogen-bond acceptors (Lipinski definition) is 5. The summed E-state index contributed by atoms with van der Waals surface area (Å²) in [5.74, 6) is 0. The van der Waals surface area contributed by atoms with E-state index in [4.69, 9.17) is 13.9 Å². The Morgan fingerprint density at radius 3 is 2.18 bits per heavy atom. The first-order valence-corrected chi connectivity index (χ1v) is 14.9. The van der Waals surface area contributed by atoms with Crippen LogP contribution in [0.1, 0.15) is 38.3 Å². The third-order valence-corrected chi connectivity index (χ3v) is 11.3. The summed E-state index contributed by atoms with van der Waals surface area (Å²) in [6.45, 7) is 12.3. The summed E-state index contributed by atoms with van der Waals surface area (Å²) in [6, 6.07) is 18.8. The van der Waals surface area contributed by atoms with E-state index in [2.05, 4.69) is 33.9 Å². The van der Waals surface area contributed by atoms with Gasteiger partial charge in [-0.2, -0.15) is 0 Å². The first-order chi connectivity index (χ1) is 16.1. The fourth-order valence-corrected chi connectivity index (χ4v) is 4.47. The molecular weight excluding hydrogens is 446 g/mol. The molecule has 0 bridgehead atoms. The maximum atomic E-state index is 13.4. The van der Waals surface area contributed by atoms with Gasteiger partial charge in [-0.3, -0.25) is 4.90 Å². The first kappa shape index (κ1) is 26.4. The molecule has 1 fully saturated rings. The number of ether oxygens (including phenoxy) is 2. The van der Waals surface area contributed by atoms with Crippen molar-refractivity contribution in [2.45, 2.75) is 76.7 Å². The second-order valence-corrected chi connectivity index (χ2v) is 15.4. The van der Waals surface area contributed by atoms with Crippen molar-refractivity contribution in [3.63, 3.8) is 0 Å². The summed E-state index contributed by atoms with van der Waals surface area (Å²) in [4.78, 5) is 15.0. The van der Waals surface area contributed by atoms with E-state index in [9.17, 15) is 9.90 Å². The standard InChI is InChI=1S/C27H39NO5Si/c1-27(2,3)34(4,5)33-20-24(25(29)16-23-19-31-23)28(17-21-12-8-6-9-13-21)26(30)32-18-22-14-10-7-11-15-22/h6-15,23-25,29H,16-20H2,1-5H3/t23?,24-,25+/m1/s1. The molecular formula is C27H39NO5Si. The van der Waals surface area contributed by atoms with Crippen LogP contribution in [0.15, 0.2) is 60.7 Å². The average Bonchev–Trinajstić information content (AvgIpc) is 3.61. The topological polar surface area (TPSA) is 71.5 Å². The number of epoxide rings is 1. The molecule has 0 spiro atoms. The third kappa shape index (κ3) is 7.66. The van der Waals surface area contributed by atoms with E-state index in [0.29, 0.717) is 19.6 Å². The molecule has 1 aliphatic rings. The Kier molecular flexibility index (Phi) is 8.93. The van der Waals surface area contributed by atoms with Gasteiger partial charge in [-0.1, -0.05) is 81.4 Å². The SMILES string of the molecule is CC(C)(C)[Si](C)(C)OC[C@H]([C@@H](O)CC1CO1)N(Cc1ccccc1)C(=O)OCc1ccccc1. The predicted molar refractivity (Wildman–Crippen MR) is 136 cm³/mol. The van der Waals surface area contributed by atoms with E-state index in [1.54, 1.807) is 4.90 Å². The monoisotopic (exact) mass is 485 g/mol. The number of hydrogen-bond donors (Lipinski definition) is 1. The molecule has 1 heterocycles. The molecule has 2 aromatic rings. The van der Waals surface area contributed by atoms with Crippen LogP contribution in [0.25, 0.3) is 0 Å². The lowest BCUT2D eigenvalue weighted by atomic mass is 10.0. The number of amides is 1. The van der Waals surface area contributed by atoms with Crippen LogP contribution in [0.2, 0.25) is 18.1 Å². The fraction of sp³-hybridized carbons (Fsp3) is 0.519. The Balaban J connectivity index is 1.83. The van der Waals surface area contributed by atoms with Gasteiger partial charge in [0.25, 0.3) is 0 Å². The van der Waals surface area contributed by atoms with Crippen LogP contribution in [-0.2, 0) is 27.1 Å². The van der Waals surface area contributed by atoms with Gasteiger partial charge in [0, 0.05) is 13.0 Å². The minimum absolute atomic E-state index is 0.0141. The van der Waals surface area contributed by atoms with E-state index >= 15 is 0 Å². The molecule has 0 aliphatic carbocycles. The lowest BCUT2D eigenvalue weighted by Crippen LogP contribution is -2.52. The van der Waals surface area contributed by atoms with Crippen LogP contribution in [0.5, 0.6) is 0 Å². The number of carbonyl (C=O) groups is 1. The normalized spacial score (nSPS) is 17.6. The van der Waals surface area contributed by atoms with Gasteiger partial charge in [-0.25, -0.2) is 4.79 Å². The second kappa shape index (κ2) is 11.5. The van der Waals surface area contributed by atoms with Gasteiger partial charge in [-0.05, 0) is 29.3 Å². The zero-order chi connectivity index (χ0) is 24.8. The summed E-state index contributed by atoms with van der Waals surface area (Å²) >= 11 is 0. The molecule has 1 N–H and O–H groups in total. The van der Waals surface area contributed by atoms with Crippen molar-refractivity contribution in [1.29, 1.82) is 0 Å². The Hall–Kier alpha value is -2.19. The van der Waals surface area contributed by atoms with Gasteiger partial charge >= 0.3 is 6.09 Å². The number of benzene rings is 2. The van der Waals surface area contributed by atoms with E-state index in [-0.39, 0.29) is 24.4 Å². The van der Waals surface area contributed by atoms with E-state index < -0.39 is 26.6 Å². The molecule has 34 heavy (non-hydrogen) atoms. The molecule has 0 aromatic heterocycles. The van der Waals surface area contributed by atoms with Crippen LogP contribution < -0.4 is 0 Å². The molecule has 1 unspecified atom stereocenters. The zero-order valence-electron chi connectivity index (χ0n) is 21.1.